The Morgan fingerprint density at radius 1 is 1.41 bits per heavy atom. The molecule has 5 nitrogen and oxygen atoms in total. The Bertz CT molecular complexity index is 438. The van der Waals surface area contributed by atoms with Gasteiger partial charge in [0.25, 0.3) is 5.91 Å². The van der Waals surface area contributed by atoms with Crippen LogP contribution in [0.4, 0.5) is 8.78 Å². The molecule has 0 saturated heterocycles. The normalized spacial score (nSPS) is 12.1. The number of hydrazine groups is 1. The number of hydrogen-bond donors (Lipinski definition) is 2. The first-order chi connectivity index (χ1) is 7.88. The molecule has 0 spiro atoms. The van der Waals surface area contributed by atoms with Crippen LogP contribution in [0, 0.1) is 11.6 Å². The highest BCUT2D eigenvalue weighted by Crippen LogP contribution is 2.24. The second-order valence-corrected chi connectivity index (χ2v) is 3.44. The van der Waals surface area contributed by atoms with Gasteiger partial charge in [-0.25, -0.2) is 14.6 Å². The molecule has 0 bridgehead atoms. The number of amides is 1. The lowest BCUT2D eigenvalue weighted by atomic mass is 10.1. The first kappa shape index (κ1) is 13.3. The maximum Gasteiger partial charge on any atom is 0.257 e. The number of hydrogen-bond acceptors (Lipinski definition) is 4. The van der Waals surface area contributed by atoms with E-state index in [9.17, 15) is 13.6 Å². The van der Waals surface area contributed by atoms with Crippen molar-refractivity contribution < 1.29 is 18.3 Å². The van der Waals surface area contributed by atoms with Gasteiger partial charge in [-0.3, -0.25) is 9.80 Å². The SMILES string of the molecule is COc1cc(F)c(C(N)C(=O)N(C)N)cc1F. The highest BCUT2D eigenvalue weighted by Gasteiger charge is 2.23. The molecule has 1 unspecified atom stereocenters. The Hall–Kier alpha value is -1.73. The van der Waals surface area contributed by atoms with E-state index in [0.717, 1.165) is 12.1 Å². The summed E-state index contributed by atoms with van der Waals surface area (Å²) in [4.78, 5) is 11.4. The number of ether oxygens (including phenoxy) is 1. The lowest BCUT2D eigenvalue weighted by molar-refractivity contribution is -0.131. The zero-order valence-corrected chi connectivity index (χ0v) is 9.41. The summed E-state index contributed by atoms with van der Waals surface area (Å²) in [5.74, 6) is 2.57. The monoisotopic (exact) mass is 245 g/mol. The van der Waals surface area contributed by atoms with E-state index in [1.54, 1.807) is 0 Å². The van der Waals surface area contributed by atoms with Crippen LogP contribution in [0.3, 0.4) is 0 Å². The zero-order chi connectivity index (χ0) is 13.2. The van der Waals surface area contributed by atoms with Gasteiger partial charge in [-0.05, 0) is 6.07 Å². The molecule has 1 rings (SSSR count). The van der Waals surface area contributed by atoms with Crippen molar-refractivity contribution in [2.75, 3.05) is 14.2 Å². The molecule has 94 valence electrons. The zero-order valence-electron chi connectivity index (χ0n) is 9.41. The lowest BCUT2D eigenvalue weighted by Crippen LogP contribution is -2.40. The predicted molar refractivity (Wildman–Crippen MR) is 56.8 cm³/mol. The number of carbonyl (C=O) groups is 1. The molecule has 1 aromatic rings. The van der Waals surface area contributed by atoms with Crippen molar-refractivity contribution in [2.45, 2.75) is 6.04 Å². The van der Waals surface area contributed by atoms with Gasteiger partial charge in [0.1, 0.15) is 11.9 Å². The van der Waals surface area contributed by atoms with Crippen LogP contribution in [-0.4, -0.2) is 25.1 Å². The van der Waals surface area contributed by atoms with E-state index in [1.165, 1.54) is 14.2 Å². The smallest absolute Gasteiger partial charge is 0.257 e. The minimum Gasteiger partial charge on any atom is -0.494 e. The number of nitrogens with zero attached hydrogens (tertiary/aromatic N) is 1. The summed E-state index contributed by atoms with van der Waals surface area (Å²) in [5, 5.41) is 0.715. The second-order valence-electron chi connectivity index (χ2n) is 3.44. The van der Waals surface area contributed by atoms with Crippen molar-refractivity contribution >= 4 is 5.91 Å². The topological polar surface area (TPSA) is 81.6 Å². The van der Waals surface area contributed by atoms with Crippen molar-refractivity contribution in [1.82, 2.24) is 5.01 Å². The van der Waals surface area contributed by atoms with Crippen LogP contribution in [0.2, 0.25) is 0 Å². The number of halogens is 2. The minimum absolute atomic E-state index is 0.257. The van der Waals surface area contributed by atoms with Gasteiger partial charge in [0, 0.05) is 18.7 Å². The molecule has 1 atom stereocenters. The van der Waals surface area contributed by atoms with Crippen LogP contribution in [0.25, 0.3) is 0 Å². The molecule has 0 aliphatic carbocycles. The number of benzene rings is 1. The Kier molecular flexibility index (Phi) is 3.97. The molecular weight excluding hydrogens is 232 g/mol. The fourth-order valence-electron chi connectivity index (χ4n) is 1.29. The molecule has 0 aliphatic heterocycles. The number of likely N-dealkylation sites (N-methyl/N-ethyl adjacent to an activating group) is 1. The molecule has 0 radical (unpaired) electrons. The van der Waals surface area contributed by atoms with E-state index in [0.29, 0.717) is 5.01 Å². The Labute approximate surface area is 96.9 Å². The van der Waals surface area contributed by atoms with Crippen molar-refractivity contribution in [1.29, 1.82) is 0 Å². The molecule has 17 heavy (non-hydrogen) atoms. The number of nitrogens with two attached hydrogens (primary N) is 2. The van der Waals surface area contributed by atoms with Gasteiger partial charge < -0.3 is 10.5 Å². The summed E-state index contributed by atoms with van der Waals surface area (Å²) < 4.78 is 31.5. The fourth-order valence-corrected chi connectivity index (χ4v) is 1.29. The molecule has 1 amide bonds. The van der Waals surface area contributed by atoms with Crippen LogP contribution in [0.5, 0.6) is 5.75 Å². The first-order valence-electron chi connectivity index (χ1n) is 4.69. The van der Waals surface area contributed by atoms with Gasteiger partial charge in [0.05, 0.1) is 7.11 Å². The molecule has 0 aliphatic rings. The summed E-state index contributed by atoms with van der Waals surface area (Å²) >= 11 is 0. The molecule has 0 fully saturated rings. The lowest BCUT2D eigenvalue weighted by Gasteiger charge is -2.17. The second kappa shape index (κ2) is 5.07. The predicted octanol–water partition coefficient (Wildman–Crippen LogP) is 0.305. The van der Waals surface area contributed by atoms with Crippen LogP contribution in [-0.2, 0) is 4.79 Å². The molecule has 0 aromatic heterocycles. The van der Waals surface area contributed by atoms with E-state index in [1.807, 2.05) is 0 Å². The van der Waals surface area contributed by atoms with Crippen LogP contribution >= 0.6 is 0 Å². The Balaban J connectivity index is 3.15. The average Bonchev–Trinajstić information content (AvgIpc) is 2.29. The van der Waals surface area contributed by atoms with Crippen molar-refractivity contribution in [3.8, 4) is 5.75 Å². The highest BCUT2D eigenvalue weighted by molar-refractivity contribution is 5.82. The van der Waals surface area contributed by atoms with Gasteiger partial charge in [0.2, 0.25) is 0 Å². The van der Waals surface area contributed by atoms with E-state index in [4.69, 9.17) is 11.6 Å². The summed E-state index contributed by atoms with van der Waals surface area (Å²) in [6.07, 6.45) is 0. The summed E-state index contributed by atoms with van der Waals surface area (Å²) in [6.45, 7) is 0. The quantitative estimate of drug-likeness (QED) is 0.456. The van der Waals surface area contributed by atoms with E-state index >= 15 is 0 Å². The molecule has 0 heterocycles. The first-order valence-corrected chi connectivity index (χ1v) is 4.69. The maximum absolute atomic E-state index is 13.6. The van der Waals surface area contributed by atoms with Crippen LogP contribution in [0.1, 0.15) is 11.6 Å². The van der Waals surface area contributed by atoms with Crippen molar-refractivity contribution in [3.63, 3.8) is 0 Å². The van der Waals surface area contributed by atoms with Crippen LogP contribution < -0.4 is 16.3 Å². The van der Waals surface area contributed by atoms with E-state index in [2.05, 4.69) is 4.74 Å². The molecule has 7 heteroatoms. The largest absolute Gasteiger partial charge is 0.494 e. The van der Waals surface area contributed by atoms with Gasteiger partial charge in [0.15, 0.2) is 11.6 Å². The summed E-state index contributed by atoms with van der Waals surface area (Å²) in [7, 11) is 2.47. The Morgan fingerprint density at radius 2 is 2.00 bits per heavy atom. The number of rotatable bonds is 3. The Morgan fingerprint density at radius 3 is 2.47 bits per heavy atom. The minimum atomic E-state index is -1.36. The molecule has 1 aromatic carbocycles. The third kappa shape index (κ3) is 2.69. The maximum atomic E-state index is 13.6. The fraction of sp³-hybridized carbons (Fsp3) is 0.300. The standard InChI is InChI=1S/C10H13F2N3O2/c1-15(14)10(16)9(13)5-3-7(12)8(17-2)4-6(5)11/h3-4,9H,13-14H2,1-2H3. The highest BCUT2D eigenvalue weighted by atomic mass is 19.1. The number of methoxy groups -OCH3 is 1. The molecule has 4 N–H and O–H groups in total. The van der Waals surface area contributed by atoms with E-state index in [-0.39, 0.29) is 11.3 Å². The van der Waals surface area contributed by atoms with Gasteiger partial charge in [-0.2, -0.15) is 0 Å². The van der Waals surface area contributed by atoms with E-state index < -0.39 is 23.6 Å². The van der Waals surface area contributed by atoms with Crippen molar-refractivity contribution in [2.24, 2.45) is 11.6 Å². The average molecular weight is 245 g/mol. The molecule has 0 saturated carbocycles. The third-order valence-electron chi connectivity index (χ3n) is 2.22. The van der Waals surface area contributed by atoms with Crippen molar-refractivity contribution in [3.05, 3.63) is 29.3 Å². The number of carbonyl (C=O) groups excluding carboxylic acids is 1. The third-order valence-corrected chi connectivity index (χ3v) is 2.22. The summed E-state index contributed by atoms with van der Waals surface area (Å²) in [6, 6.07) is 0.291. The van der Waals surface area contributed by atoms with Gasteiger partial charge in [-0.15, -0.1) is 0 Å². The molecular formula is C10H13F2N3O2. The van der Waals surface area contributed by atoms with Gasteiger partial charge >= 0.3 is 0 Å². The van der Waals surface area contributed by atoms with Gasteiger partial charge in [-0.1, -0.05) is 0 Å². The van der Waals surface area contributed by atoms with Crippen LogP contribution in [0.15, 0.2) is 12.1 Å². The summed E-state index contributed by atoms with van der Waals surface area (Å²) in [5.41, 5.74) is 5.21.